The van der Waals surface area contributed by atoms with E-state index in [0.29, 0.717) is 11.4 Å². The van der Waals surface area contributed by atoms with Crippen LogP contribution in [0.2, 0.25) is 0 Å². The van der Waals surface area contributed by atoms with E-state index in [9.17, 15) is 22.8 Å². The Balaban J connectivity index is 1.67. The number of ether oxygens (including phenoxy) is 1. The summed E-state index contributed by atoms with van der Waals surface area (Å²) in [7, 11) is 0. The Bertz CT molecular complexity index is 1080. The minimum absolute atomic E-state index is 0.177. The summed E-state index contributed by atoms with van der Waals surface area (Å²) < 4.78 is 45.5. The number of anilines is 1. The fourth-order valence-corrected chi connectivity index (χ4v) is 2.52. The predicted octanol–water partition coefficient (Wildman–Crippen LogP) is 4.00. The molecule has 1 aromatic heterocycles. The Morgan fingerprint density at radius 3 is 2.45 bits per heavy atom. The number of nitrogens with one attached hydrogen (secondary N) is 1. The summed E-state index contributed by atoms with van der Waals surface area (Å²) in [4.78, 5) is 23.8. The molecule has 0 spiro atoms. The first-order valence-corrected chi connectivity index (χ1v) is 8.51. The van der Waals surface area contributed by atoms with Crippen LogP contribution in [0.25, 0.3) is 0 Å². The lowest BCUT2D eigenvalue weighted by molar-refractivity contribution is -0.138. The van der Waals surface area contributed by atoms with Crippen molar-refractivity contribution in [2.45, 2.75) is 19.6 Å². The number of para-hydroxylation sites is 1. The number of benzene rings is 2. The zero-order valence-corrected chi connectivity index (χ0v) is 15.2. The molecule has 0 aliphatic heterocycles. The van der Waals surface area contributed by atoms with Crippen molar-refractivity contribution in [3.05, 3.63) is 82.3 Å². The number of amides is 1. The molecule has 1 amide bonds. The monoisotopic (exact) mass is 403 g/mol. The molecule has 150 valence electrons. The van der Waals surface area contributed by atoms with Crippen LogP contribution >= 0.6 is 0 Å². The molecule has 0 saturated heterocycles. The molecular weight excluding hydrogens is 387 g/mol. The third-order valence-electron chi connectivity index (χ3n) is 3.85. The highest BCUT2D eigenvalue weighted by Crippen LogP contribution is 2.37. The number of aromatic nitrogens is 2. The second kappa shape index (κ2) is 8.17. The summed E-state index contributed by atoms with van der Waals surface area (Å²) in [5.74, 6) is -0.612. The van der Waals surface area contributed by atoms with Gasteiger partial charge in [-0.2, -0.15) is 18.3 Å². The second-order valence-electron chi connectivity index (χ2n) is 6.14. The summed E-state index contributed by atoms with van der Waals surface area (Å²) >= 11 is 0. The van der Waals surface area contributed by atoms with Gasteiger partial charge in [0.25, 0.3) is 5.56 Å². The molecule has 0 unspecified atom stereocenters. The molecule has 0 radical (unpaired) electrons. The number of nitrogens with zero attached hydrogens (tertiary/aromatic N) is 2. The molecule has 0 fully saturated rings. The molecule has 0 atom stereocenters. The quantitative estimate of drug-likeness (QED) is 0.699. The minimum Gasteiger partial charge on any atom is -0.457 e. The van der Waals surface area contributed by atoms with Gasteiger partial charge in [-0.1, -0.05) is 12.1 Å². The number of carbonyl (C=O) groups is 1. The Kier molecular flexibility index (Phi) is 5.67. The van der Waals surface area contributed by atoms with Gasteiger partial charge in [-0.25, -0.2) is 4.68 Å². The lowest BCUT2D eigenvalue weighted by Gasteiger charge is -2.13. The van der Waals surface area contributed by atoms with Crippen molar-refractivity contribution in [3.8, 4) is 11.5 Å². The van der Waals surface area contributed by atoms with E-state index in [1.54, 1.807) is 13.0 Å². The van der Waals surface area contributed by atoms with E-state index in [1.165, 1.54) is 48.5 Å². The maximum absolute atomic E-state index is 13.0. The van der Waals surface area contributed by atoms with Crippen LogP contribution in [0.4, 0.5) is 18.9 Å². The van der Waals surface area contributed by atoms with E-state index in [-0.39, 0.29) is 18.0 Å². The fraction of sp³-hybridized carbons (Fsp3) is 0.150. The SMILES string of the molecule is Cc1ccc(=O)n(CC(=O)Nc2ccc(Oc3ccccc3C(F)(F)F)cc2)n1. The second-order valence-corrected chi connectivity index (χ2v) is 6.14. The van der Waals surface area contributed by atoms with Crippen LogP contribution in [0.3, 0.4) is 0 Å². The average molecular weight is 403 g/mol. The zero-order valence-electron chi connectivity index (χ0n) is 15.2. The van der Waals surface area contributed by atoms with Gasteiger partial charge in [0, 0.05) is 11.8 Å². The highest BCUT2D eigenvalue weighted by molar-refractivity contribution is 5.90. The van der Waals surface area contributed by atoms with Gasteiger partial charge in [-0.15, -0.1) is 0 Å². The van der Waals surface area contributed by atoms with Crippen LogP contribution in [0.5, 0.6) is 11.5 Å². The Morgan fingerprint density at radius 1 is 1.07 bits per heavy atom. The summed E-state index contributed by atoms with van der Waals surface area (Å²) in [6, 6.07) is 13.6. The molecule has 9 heteroatoms. The lowest BCUT2D eigenvalue weighted by Crippen LogP contribution is -2.29. The van der Waals surface area contributed by atoms with Crippen molar-refractivity contribution in [1.82, 2.24) is 9.78 Å². The Morgan fingerprint density at radius 2 is 1.76 bits per heavy atom. The highest BCUT2D eigenvalue weighted by Gasteiger charge is 2.34. The highest BCUT2D eigenvalue weighted by atomic mass is 19.4. The van der Waals surface area contributed by atoms with E-state index in [1.807, 2.05) is 0 Å². The molecule has 1 heterocycles. The van der Waals surface area contributed by atoms with E-state index >= 15 is 0 Å². The van der Waals surface area contributed by atoms with Crippen LogP contribution in [0.15, 0.2) is 65.5 Å². The molecule has 3 rings (SSSR count). The number of hydrogen-bond donors (Lipinski definition) is 1. The maximum Gasteiger partial charge on any atom is 0.419 e. The van der Waals surface area contributed by atoms with Gasteiger partial charge in [-0.3, -0.25) is 9.59 Å². The van der Waals surface area contributed by atoms with E-state index in [0.717, 1.165) is 10.7 Å². The zero-order chi connectivity index (χ0) is 21.0. The Labute approximate surface area is 163 Å². The first-order valence-electron chi connectivity index (χ1n) is 8.51. The molecule has 1 N–H and O–H groups in total. The van der Waals surface area contributed by atoms with Gasteiger partial charge in [0.1, 0.15) is 18.0 Å². The van der Waals surface area contributed by atoms with Crippen LogP contribution < -0.4 is 15.6 Å². The summed E-state index contributed by atoms with van der Waals surface area (Å²) in [6.07, 6.45) is -4.54. The van der Waals surface area contributed by atoms with Crippen molar-refractivity contribution in [2.75, 3.05) is 5.32 Å². The predicted molar refractivity (Wildman–Crippen MR) is 99.8 cm³/mol. The van der Waals surface area contributed by atoms with Crippen LogP contribution in [0.1, 0.15) is 11.3 Å². The molecule has 0 aliphatic carbocycles. The van der Waals surface area contributed by atoms with Crippen LogP contribution in [-0.2, 0) is 17.5 Å². The van der Waals surface area contributed by atoms with Crippen LogP contribution in [0, 0.1) is 6.92 Å². The van der Waals surface area contributed by atoms with Gasteiger partial charge < -0.3 is 10.1 Å². The van der Waals surface area contributed by atoms with E-state index in [2.05, 4.69) is 10.4 Å². The van der Waals surface area contributed by atoms with Crippen molar-refractivity contribution in [2.24, 2.45) is 0 Å². The summed E-state index contributed by atoms with van der Waals surface area (Å²) in [5.41, 5.74) is -0.295. The molecule has 6 nitrogen and oxygen atoms in total. The average Bonchev–Trinajstić information content (AvgIpc) is 2.66. The van der Waals surface area contributed by atoms with Gasteiger partial charge in [0.15, 0.2) is 0 Å². The van der Waals surface area contributed by atoms with E-state index < -0.39 is 23.2 Å². The van der Waals surface area contributed by atoms with Crippen molar-refractivity contribution < 1.29 is 22.7 Å². The van der Waals surface area contributed by atoms with Crippen LogP contribution in [-0.4, -0.2) is 15.7 Å². The smallest absolute Gasteiger partial charge is 0.419 e. The Hall–Kier alpha value is -3.62. The van der Waals surface area contributed by atoms with E-state index in [4.69, 9.17) is 4.74 Å². The fourth-order valence-electron chi connectivity index (χ4n) is 2.52. The maximum atomic E-state index is 13.0. The first kappa shape index (κ1) is 20.1. The van der Waals surface area contributed by atoms with Gasteiger partial charge in [0.2, 0.25) is 5.91 Å². The number of rotatable bonds is 5. The summed E-state index contributed by atoms with van der Waals surface area (Å²) in [6.45, 7) is 1.43. The number of hydrogen-bond acceptors (Lipinski definition) is 4. The molecule has 29 heavy (non-hydrogen) atoms. The minimum atomic E-state index is -4.54. The van der Waals surface area contributed by atoms with Gasteiger partial charge in [0.05, 0.1) is 11.3 Å². The molecular formula is C20H16F3N3O3. The van der Waals surface area contributed by atoms with Gasteiger partial charge in [-0.05, 0) is 49.4 Å². The van der Waals surface area contributed by atoms with Crippen molar-refractivity contribution >= 4 is 11.6 Å². The molecule has 0 saturated carbocycles. The van der Waals surface area contributed by atoms with Crippen molar-refractivity contribution in [3.63, 3.8) is 0 Å². The van der Waals surface area contributed by atoms with Crippen molar-refractivity contribution in [1.29, 1.82) is 0 Å². The molecule has 0 bridgehead atoms. The molecule has 0 aliphatic rings. The number of aryl methyl sites for hydroxylation is 1. The third-order valence-corrected chi connectivity index (χ3v) is 3.85. The standard InChI is InChI=1S/C20H16F3N3O3/c1-13-6-11-19(28)26(25-13)12-18(27)24-14-7-9-15(10-8-14)29-17-5-3-2-4-16(17)20(21,22)23/h2-11H,12H2,1H3,(H,24,27). The molecule has 3 aromatic rings. The number of carbonyl (C=O) groups excluding carboxylic acids is 1. The first-order chi connectivity index (χ1) is 13.7. The normalized spacial score (nSPS) is 11.2. The largest absolute Gasteiger partial charge is 0.457 e. The topological polar surface area (TPSA) is 73.2 Å². The number of alkyl halides is 3. The number of halogens is 3. The molecule has 2 aromatic carbocycles. The lowest BCUT2D eigenvalue weighted by atomic mass is 10.2. The third kappa shape index (κ3) is 5.22. The van der Waals surface area contributed by atoms with Gasteiger partial charge >= 0.3 is 6.18 Å². The summed E-state index contributed by atoms with van der Waals surface area (Å²) in [5, 5.41) is 6.56.